The van der Waals surface area contributed by atoms with E-state index in [1.165, 1.54) is 6.07 Å². The first-order valence-corrected chi connectivity index (χ1v) is 5.62. The van der Waals surface area contributed by atoms with Crippen molar-refractivity contribution in [3.8, 4) is 23.0 Å². The topological polar surface area (TPSA) is 82.8 Å². The number of benzene rings is 2. The second-order valence-corrected chi connectivity index (χ2v) is 4.21. The van der Waals surface area contributed by atoms with E-state index in [2.05, 4.69) is 4.98 Å². The Morgan fingerprint density at radius 1 is 0.947 bits per heavy atom. The molecule has 3 N–H and O–H groups in total. The van der Waals surface area contributed by atoms with Crippen LogP contribution < -0.4 is 4.74 Å². The molecule has 0 amide bonds. The van der Waals surface area contributed by atoms with Gasteiger partial charge in [-0.25, -0.2) is 4.98 Å². The molecule has 0 unspecified atom stereocenters. The molecule has 0 aliphatic carbocycles. The summed E-state index contributed by atoms with van der Waals surface area (Å²) in [5.74, 6) is -0.648. The number of phenols is 3. The lowest BCUT2D eigenvalue weighted by atomic mass is 10.1. The molecule has 0 aliphatic rings. The first-order chi connectivity index (χ1) is 9.10. The minimum Gasteiger partial charge on any atom is -0.504 e. The Morgan fingerprint density at radius 2 is 1.74 bits per heavy atom. The van der Waals surface area contributed by atoms with Crippen molar-refractivity contribution in [2.45, 2.75) is 0 Å². The van der Waals surface area contributed by atoms with Crippen molar-refractivity contribution >= 4 is 21.8 Å². The quantitative estimate of drug-likeness (QED) is 0.461. The molecule has 0 bridgehead atoms. The summed E-state index contributed by atoms with van der Waals surface area (Å²) >= 11 is 0. The average molecular weight is 257 g/mol. The van der Waals surface area contributed by atoms with Crippen LogP contribution in [0.5, 0.6) is 23.0 Å². The third-order valence-corrected chi connectivity index (χ3v) is 3.05. The molecule has 19 heavy (non-hydrogen) atoms. The molecule has 2 aromatic carbocycles. The van der Waals surface area contributed by atoms with Gasteiger partial charge in [-0.05, 0) is 24.3 Å². The molecule has 5 nitrogen and oxygen atoms in total. The Balaban J connectivity index is 2.42. The first-order valence-electron chi connectivity index (χ1n) is 5.62. The van der Waals surface area contributed by atoms with Gasteiger partial charge in [-0.2, -0.15) is 0 Å². The number of methoxy groups -OCH3 is 1. The molecule has 0 saturated carbocycles. The van der Waals surface area contributed by atoms with E-state index in [9.17, 15) is 15.3 Å². The highest BCUT2D eigenvalue weighted by atomic mass is 16.5. The second-order valence-electron chi connectivity index (χ2n) is 4.21. The van der Waals surface area contributed by atoms with Crippen molar-refractivity contribution in [3.63, 3.8) is 0 Å². The van der Waals surface area contributed by atoms with Crippen LogP contribution in [-0.4, -0.2) is 27.4 Å². The van der Waals surface area contributed by atoms with Crippen LogP contribution in [0.25, 0.3) is 21.8 Å². The summed E-state index contributed by atoms with van der Waals surface area (Å²) in [4.78, 5) is 4.33. The zero-order chi connectivity index (χ0) is 13.6. The van der Waals surface area contributed by atoms with Crippen LogP contribution in [0.3, 0.4) is 0 Å². The summed E-state index contributed by atoms with van der Waals surface area (Å²) in [5.41, 5.74) is 1.11. The Bertz CT molecular complexity index is 798. The van der Waals surface area contributed by atoms with Crippen molar-refractivity contribution in [2.75, 3.05) is 7.11 Å². The standard InChI is InChI=1S/C14H11NO4/c1-19-8-2-3-10-7(4-8)5-9-11(15-10)6-12(16)14(18)13(9)17/h2-6,16-18H,1H3. The van der Waals surface area contributed by atoms with Crippen LogP contribution in [0.1, 0.15) is 0 Å². The molecule has 0 radical (unpaired) electrons. The number of aromatic hydroxyl groups is 3. The van der Waals surface area contributed by atoms with Crippen molar-refractivity contribution in [2.24, 2.45) is 0 Å². The predicted octanol–water partition coefficient (Wildman–Crippen LogP) is 2.51. The monoisotopic (exact) mass is 257 g/mol. The summed E-state index contributed by atoms with van der Waals surface area (Å²) in [6, 6.07) is 8.35. The number of aromatic nitrogens is 1. The van der Waals surface area contributed by atoms with Gasteiger partial charge in [0.05, 0.1) is 18.1 Å². The summed E-state index contributed by atoms with van der Waals surface area (Å²) in [5, 5.41) is 30.0. The number of phenolic OH excluding ortho intramolecular Hbond substituents is 3. The molecule has 1 heterocycles. The van der Waals surface area contributed by atoms with E-state index >= 15 is 0 Å². The Labute approximate surface area is 108 Å². The minimum absolute atomic E-state index is 0.371. The van der Waals surface area contributed by atoms with E-state index in [1.807, 2.05) is 0 Å². The smallest absolute Gasteiger partial charge is 0.201 e. The Morgan fingerprint density at radius 3 is 2.47 bits per heavy atom. The number of ether oxygens (including phenoxy) is 1. The van der Waals surface area contributed by atoms with Gasteiger partial charge in [-0.3, -0.25) is 0 Å². The Hall–Kier alpha value is -2.69. The van der Waals surface area contributed by atoms with Gasteiger partial charge in [0.25, 0.3) is 0 Å². The van der Waals surface area contributed by atoms with Gasteiger partial charge in [0.2, 0.25) is 5.75 Å². The van der Waals surface area contributed by atoms with Crippen molar-refractivity contribution < 1.29 is 20.1 Å². The van der Waals surface area contributed by atoms with Crippen molar-refractivity contribution in [1.29, 1.82) is 0 Å². The third-order valence-electron chi connectivity index (χ3n) is 3.05. The minimum atomic E-state index is -0.545. The molecule has 0 atom stereocenters. The van der Waals surface area contributed by atoms with Gasteiger partial charge in [0.15, 0.2) is 11.5 Å². The van der Waals surface area contributed by atoms with Crippen LogP contribution in [0.15, 0.2) is 30.3 Å². The number of nitrogens with zero attached hydrogens (tertiary/aromatic N) is 1. The van der Waals surface area contributed by atoms with Gasteiger partial charge >= 0.3 is 0 Å². The maximum atomic E-state index is 9.84. The van der Waals surface area contributed by atoms with Crippen molar-refractivity contribution in [1.82, 2.24) is 4.98 Å². The zero-order valence-electron chi connectivity index (χ0n) is 10.1. The van der Waals surface area contributed by atoms with E-state index in [4.69, 9.17) is 4.74 Å². The van der Waals surface area contributed by atoms with Gasteiger partial charge in [-0.1, -0.05) is 0 Å². The molecule has 3 aromatic rings. The van der Waals surface area contributed by atoms with E-state index < -0.39 is 11.5 Å². The molecule has 0 aliphatic heterocycles. The number of pyridine rings is 1. The van der Waals surface area contributed by atoms with E-state index in [0.717, 1.165) is 5.39 Å². The molecule has 0 fully saturated rings. The maximum Gasteiger partial charge on any atom is 0.201 e. The van der Waals surface area contributed by atoms with Crippen LogP contribution in [0, 0.1) is 0 Å². The lowest BCUT2D eigenvalue weighted by Gasteiger charge is -2.07. The fourth-order valence-corrected chi connectivity index (χ4v) is 2.04. The molecule has 1 aromatic heterocycles. The van der Waals surface area contributed by atoms with Crippen LogP contribution >= 0.6 is 0 Å². The van der Waals surface area contributed by atoms with E-state index in [-0.39, 0.29) is 5.75 Å². The molecule has 3 rings (SSSR count). The summed E-state index contributed by atoms with van der Waals surface area (Å²) < 4.78 is 5.13. The fraction of sp³-hybridized carbons (Fsp3) is 0.0714. The predicted molar refractivity (Wildman–Crippen MR) is 70.8 cm³/mol. The van der Waals surface area contributed by atoms with Crippen LogP contribution in [0.2, 0.25) is 0 Å². The van der Waals surface area contributed by atoms with E-state index in [0.29, 0.717) is 22.2 Å². The molecule has 96 valence electrons. The lowest BCUT2D eigenvalue weighted by molar-refractivity contribution is 0.371. The van der Waals surface area contributed by atoms with Crippen molar-refractivity contribution in [3.05, 3.63) is 30.3 Å². The molecular formula is C14H11NO4. The highest BCUT2D eigenvalue weighted by Gasteiger charge is 2.13. The third kappa shape index (κ3) is 1.67. The highest BCUT2D eigenvalue weighted by Crippen LogP contribution is 2.41. The number of fused-ring (bicyclic) bond motifs is 2. The Kier molecular flexibility index (Phi) is 2.35. The van der Waals surface area contributed by atoms with Gasteiger partial charge in [0.1, 0.15) is 5.75 Å². The van der Waals surface area contributed by atoms with Gasteiger partial charge in [-0.15, -0.1) is 0 Å². The lowest BCUT2D eigenvalue weighted by Crippen LogP contribution is -1.86. The molecular weight excluding hydrogens is 246 g/mol. The second kappa shape index (κ2) is 3.91. The number of hydrogen-bond donors (Lipinski definition) is 3. The highest BCUT2D eigenvalue weighted by molar-refractivity contribution is 5.98. The first kappa shape index (κ1) is 11.4. The van der Waals surface area contributed by atoms with Crippen LogP contribution in [0.4, 0.5) is 0 Å². The number of rotatable bonds is 1. The fourth-order valence-electron chi connectivity index (χ4n) is 2.04. The van der Waals surface area contributed by atoms with Gasteiger partial charge < -0.3 is 20.1 Å². The molecule has 0 saturated heterocycles. The maximum absolute atomic E-state index is 9.84. The summed E-state index contributed by atoms with van der Waals surface area (Å²) in [6.07, 6.45) is 0. The summed E-state index contributed by atoms with van der Waals surface area (Å²) in [6.45, 7) is 0. The SMILES string of the molecule is COc1ccc2nc3cc(O)c(O)c(O)c3cc2c1. The molecule has 0 spiro atoms. The number of hydrogen-bond acceptors (Lipinski definition) is 5. The zero-order valence-corrected chi connectivity index (χ0v) is 10.1. The van der Waals surface area contributed by atoms with Crippen LogP contribution in [-0.2, 0) is 0 Å². The normalized spacial score (nSPS) is 11.0. The largest absolute Gasteiger partial charge is 0.504 e. The van der Waals surface area contributed by atoms with E-state index in [1.54, 1.807) is 31.4 Å². The molecule has 5 heteroatoms. The average Bonchev–Trinajstić information content (AvgIpc) is 2.43. The van der Waals surface area contributed by atoms with Gasteiger partial charge in [0, 0.05) is 16.8 Å². The summed E-state index contributed by atoms with van der Waals surface area (Å²) in [7, 11) is 1.57.